The van der Waals surface area contributed by atoms with Crippen LogP contribution in [0.1, 0.15) is 25.3 Å². The van der Waals surface area contributed by atoms with Gasteiger partial charge in [-0.1, -0.05) is 13.0 Å². The molecule has 0 unspecified atom stereocenters. The fourth-order valence-corrected chi connectivity index (χ4v) is 3.81. The molecule has 0 bridgehead atoms. The van der Waals surface area contributed by atoms with E-state index in [1.54, 1.807) is 0 Å². The predicted molar refractivity (Wildman–Crippen MR) is 90.1 cm³/mol. The van der Waals surface area contributed by atoms with Gasteiger partial charge < -0.3 is 10.2 Å². The van der Waals surface area contributed by atoms with Gasteiger partial charge in [0.05, 0.1) is 5.00 Å². The molecule has 0 radical (unpaired) electrons. The highest BCUT2D eigenvalue weighted by atomic mass is 32.1. The number of thiophene rings is 1. The zero-order chi connectivity index (χ0) is 13.9. The Morgan fingerprint density at radius 1 is 1.25 bits per heavy atom. The molecular weight excluding hydrogens is 264 g/mol. The van der Waals surface area contributed by atoms with E-state index in [1.165, 1.54) is 59.0 Å². The number of nitrogens with zero attached hydrogens (tertiary/aromatic N) is 1. The summed E-state index contributed by atoms with van der Waals surface area (Å²) < 4.78 is 0. The Kier molecular flexibility index (Phi) is 3.97. The lowest BCUT2D eigenvalue weighted by Crippen LogP contribution is -2.29. The van der Waals surface area contributed by atoms with Crippen molar-refractivity contribution in [1.29, 1.82) is 0 Å². The van der Waals surface area contributed by atoms with Gasteiger partial charge in [0.2, 0.25) is 0 Å². The van der Waals surface area contributed by atoms with Gasteiger partial charge in [-0.2, -0.15) is 0 Å². The maximum absolute atomic E-state index is 3.21. The normalized spacial score (nSPS) is 14.2. The summed E-state index contributed by atoms with van der Waals surface area (Å²) in [5, 5.41) is 4.44. The Morgan fingerprint density at radius 3 is 2.90 bits per heavy atom. The summed E-state index contributed by atoms with van der Waals surface area (Å²) in [6.07, 6.45) is 3.72. The molecule has 3 heteroatoms. The van der Waals surface area contributed by atoms with Crippen molar-refractivity contribution in [2.45, 2.75) is 26.2 Å². The first kappa shape index (κ1) is 13.5. The third-order valence-corrected chi connectivity index (χ3v) is 5.08. The molecule has 1 aliphatic rings. The number of nitrogens with one attached hydrogen (secondary N) is 1. The molecule has 2 aromatic rings. The number of rotatable bonds is 4. The van der Waals surface area contributed by atoms with Gasteiger partial charge in [-0.25, -0.2) is 0 Å². The molecule has 0 saturated carbocycles. The molecule has 2 heterocycles. The maximum atomic E-state index is 3.21. The van der Waals surface area contributed by atoms with Crippen molar-refractivity contribution in [2.75, 3.05) is 30.4 Å². The van der Waals surface area contributed by atoms with E-state index in [-0.39, 0.29) is 0 Å². The molecule has 0 aliphatic carbocycles. The second-order valence-corrected chi connectivity index (χ2v) is 6.43. The van der Waals surface area contributed by atoms with Gasteiger partial charge in [0.1, 0.15) is 0 Å². The topological polar surface area (TPSA) is 15.3 Å². The molecule has 1 N–H and O–H groups in total. The lowest BCUT2D eigenvalue weighted by molar-refractivity contribution is 0.681. The molecule has 0 amide bonds. The molecule has 20 heavy (non-hydrogen) atoms. The molecule has 1 aromatic carbocycles. The SMILES string of the molecule is CCCN1CCCc2cc(-c3ccc(NC)s3)ccc21. The Balaban J connectivity index is 1.92. The highest BCUT2D eigenvalue weighted by Gasteiger charge is 2.16. The average Bonchev–Trinajstić information content (AvgIpc) is 2.96. The van der Waals surface area contributed by atoms with E-state index in [0.717, 1.165) is 0 Å². The van der Waals surface area contributed by atoms with Crippen LogP contribution in [-0.4, -0.2) is 20.1 Å². The first-order chi connectivity index (χ1) is 9.81. The van der Waals surface area contributed by atoms with E-state index in [0.29, 0.717) is 0 Å². The summed E-state index contributed by atoms with van der Waals surface area (Å²) in [4.78, 5) is 3.89. The molecule has 2 nitrogen and oxygen atoms in total. The molecule has 1 aliphatic heterocycles. The van der Waals surface area contributed by atoms with Crippen molar-refractivity contribution < 1.29 is 0 Å². The fraction of sp³-hybridized carbons (Fsp3) is 0.412. The Morgan fingerprint density at radius 2 is 2.15 bits per heavy atom. The second-order valence-electron chi connectivity index (χ2n) is 5.35. The van der Waals surface area contributed by atoms with E-state index in [2.05, 4.69) is 47.5 Å². The van der Waals surface area contributed by atoms with Crippen molar-refractivity contribution in [3.63, 3.8) is 0 Å². The van der Waals surface area contributed by atoms with Crippen molar-refractivity contribution >= 4 is 22.0 Å². The molecule has 1 aromatic heterocycles. The van der Waals surface area contributed by atoms with Crippen LogP contribution in [0.2, 0.25) is 0 Å². The van der Waals surface area contributed by atoms with Gasteiger partial charge in [0, 0.05) is 30.7 Å². The van der Waals surface area contributed by atoms with Crippen LogP contribution < -0.4 is 10.2 Å². The summed E-state index contributed by atoms with van der Waals surface area (Å²) in [5.74, 6) is 0. The first-order valence-electron chi connectivity index (χ1n) is 7.47. The van der Waals surface area contributed by atoms with Crippen LogP contribution in [0.15, 0.2) is 30.3 Å². The first-order valence-corrected chi connectivity index (χ1v) is 8.29. The Hall–Kier alpha value is -1.48. The zero-order valence-corrected chi connectivity index (χ0v) is 13.1. The minimum absolute atomic E-state index is 1.18. The van der Waals surface area contributed by atoms with Gasteiger partial charge >= 0.3 is 0 Å². The second kappa shape index (κ2) is 5.88. The van der Waals surface area contributed by atoms with E-state index in [4.69, 9.17) is 0 Å². The summed E-state index contributed by atoms with van der Waals surface area (Å²) in [7, 11) is 1.98. The maximum Gasteiger partial charge on any atom is 0.0886 e. The van der Waals surface area contributed by atoms with Gasteiger partial charge in [-0.05, 0) is 54.7 Å². The van der Waals surface area contributed by atoms with Crippen molar-refractivity contribution in [1.82, 2.24) is 0 Å². The molecule has 0 fully saturated rings. The number of anilines is 2. The Labute approximate surface area is 125 Å². The van der Waals surface area contributed by atoms with E-state index < -0.39 is 0 Å². The zero-order valence-electron chi connectivity index (χ0n) is 12.3. The monoisotopic (exact) mass is 286 g/mol. The van der Waals surface area contributed by atoms with Crippen LogP contribution in [0.5, 0.6) is 0 Å². The van der Waals surface area contributed by atoms with E-state index >= 15 is 0 Å². The predicted octanol–water partition coefficient (Wildman–Crippen LogP) is 4.62. The standard InChI is InChI=1S/C17H22N2S/c1-3-10-19-11-4-5-13-12-14(6-7-15(13)19)16-8-9-17(18-2)20-16/h6-9,12,18H,3-5,10-11H2,1-2H3. The van der Waals surface area contributed by atoms with Crippen LogP contribution in [0.4, 0.5) is 10.7 Å². The van der Waals surface area contributed by atoms with Crippen molar-refractivity contribution in [3.8, 4) is 10.4 Å². The van der Waals surface area contributed by atoms with E-state index in [1.807, 2.05) is 18.4 Å². The molecule has 0 saturated heterocycles. The van der Waals surface area contributed by atoms with Crippen LogP contribution in [0.25, 0.3) is 10.4 Å². The molecular formula is C17H22N2S. The van der Waals surface area contributed by atoms with Crippen LogP contribution in [0, 0.1) is 0 Å². The largest absolute Gasteiger partial charge is 0.380 e. The number of hydrogen-bond donors (Lipinski definition) is 1. The van der Waals surface area contributed by atoms with Gasteiger partial charge in [-0.15, -0.1) is 11.3 Å². The number of hydrogen-bond acceptors (Lipinski definition) is 3. The Bertz CT molecular complexity index is 588. The minimum Gasteiger partial charge on any atom is -0.380 e. The summed E-state index contributed by atoms with van der Waals surface area (Å²) in [6.45, 7) is 4.64. The van der Waals surface area contributed by atoms with Gasteiger partial charge in [0.25, 0.3) is 0 Å². The summed E-state index contributed by atoms with van der Waals surface area (Å²) in [5.41, 5.74) is 4.32. The molecule has 0 spiro atoms. The van der Waals surface area contributed by atoms with Gasteiger partial charge in [0.15, 0.2) is 0 Å². The van der Waals surface area contributed by atoms with Crippen LogP contribution >= 0.6 is 11.3 Å². The number of fused-ring (bicyclic) bond motifs is 1. The highest BCUT2D eigenvalue weighted by Crippen LogP contribution is 2.35. The smallest absolute Gasteiger partial charge is 0.0886 e. The van der Waals surface area contributed by atoms with Crippen LogP contribution in [0.3, 0.4) is 0 Å². The third kappa shape index (κ3) is 2.55. The lowest BCUT2D eigenvalue weighted by Gasteiger charge is -2.31. The molecule has 106 valence electrons. The van der Waals surface area contributed by atoms with Crippen molar-refractivity contribution in [3.05, 3.63) is 35.9 Å². The van der Waals surface area contributed by atoms with Crippen molar-refractivity contribution in [2.24, 2.45) is 0 Å². The summed E-state index contributed by atoms with van der Waals surface area (Å²) in [6, 6.07) is 11.4. The quantitative estimate of drug-likeness (QED) is 0.882. The lowest BCUT2D eigenvalue weighted by atomic mass is 9.98. The highest BCUT2D eigenvalue weighted by molar-refractivity contribution is 7.19. The average molecular weight is 286 g/mol. The number of aryl methyl sites for hydroxylation is 1. The molecule has 3 rings (SSSR count). The third-order valence-electron chi connectivity index (χ3n) is 3.92. The molecule has 0 atom stereocenters. The van der Waals surface area contributed by atoms with Gasteiger partial charge in [-0.3, -0.25) is 0 Å². The number of benzene rings is 1. The fourth-order valence-electron chi connectivity index (χ4n) is 2.96. The van der Waals surface area contributed by atoms with Crippen LogP contribution in [-0.2, 0) is 6.42 Å². The summed E-state index contributed by atoms with van der Waals surface area (Å²) >= 11 is 1.82. The van der Waals surface area contributed by atoms with E-state index in [9.17, 15) is 0 Å². The minimum atomic E-state index is 1.18.